The molecule has 6 atom stereocenters. The first-order chi connectivity index (χ1) is 24.5. The lowest BCUT2D eigenvalue weighted by Crippen LogP contribution is -2.60. The first-order valence-electron chi connectivity index (χ1n) is 16.0. The number of phenolic OH excluding ortho intramolecular Hbond substituents is 1. The molecule has 0 unspecified atom stereocenters. The van der Waals surface area contributed by atoms with E-state index in [1.165, 1.54) is 20.3 Å². The average Bonchev–Trinajstić information content (AvgIpc) is 3.43. The van der Waals surface area contributed by atoms with Crippen LogP contribution in [-0.4, -0.2) is 75.2 Å². The third-order valence-corrected chi connectivity index (χ3v) is 11.8. The number of nitrogens with zero attached hydrogens (tertiary/aromatic N) is 2. The molecule has 0 aromatic heterocycles. The van der Waals surface area contributed by atoms with Gasteiger partial charge in [0.2, 0.25) is 17.6 Å². The molecule has 2 aliphatic heterocycles. The third-order valence-electron chi connectivity index (χ3n) is 10.4. The zero-order chi connectivity index (χ0) is 38.2. The lowest BCUT2D eigenvalue weighted by Gasteiger charge is -2.51. The number of aromatic hydroxyl groups is 1. The molecule has 0 spiro atoms. The summed E-state index contributed by atoms with van der Waals surface area (Å²) in [5.41, 5.74) is -1.87. The van der Waals surface area contributed by atoms with Crippen LogP contribution in [0.3, 0.4) is 0 Å². The normalized spacial score (nSPS) is 28.1. The van der Waals surface area contributed by atoms with E-state index in [1.54, 1.807) is 0 Å². The van der Waals surface area contributed by atoms with Crippen LogP contribution in [0.15, 0.2) is 23.8 Å². The molecule has 4 amide bonds. The quantitative estimate of drug-likeness (QED) is 0.0623. The molecule has 4 aliphatic rings. The first kappa shape index (κ1) is 37.3. The predicted octanol–water partition coefficient (Wildman–Crippen LogP) is 5.31. The number of aliphatic carboxylic acids is 1. The molecule has 0 radical (unpaired) electrons. The Balaban J connectivity index is 1.53. The van der Waals surface area contributed by atoms with Crippen molar-refractivity contribution in [1.82, 2.24) is 4.90 Å². The molecule has 278 valence electrons. The number of amides is 4. The van der Waals surface area contributed by atoms with Gasteiger partial charge in [0, 0.05) is 36.6 Å². The molecule has 2 aromatic carbocycles. The molecule has 2 N–H and O–H groups in total. The van der Waals surface area contributed by atoms with E-state index < -0.39 is 110 Å². The van der Waals surface area contributed by atoms with Crippen molar-refractivity contribution in [2.75, 3.05) is 25.7 Å². The van der Waals surface area contributed by atoms with E-state index in [0.717, 1.165) is 17.0 Å². The molecule has 3 fully saturated rings. The molecule has 11 nitrogen and oxygen atoms in total. The monoisotopic (exact) mass is 774 g/mol. The van der Waals surface area contributed by atoms with Gasteiger partial charge < -0.3 is 19.7 Å². The molecule has 2 saturated heterocycles. The second-order valence-electron chi connectivity index (χ2n) is 13.0. The van der Waals surface area contributed by atoms with Gasteiger partial charge in [0.15, 0.2) is 33.0 Å². The minimum Gasteiger partial charge on any atom is -0.508 e. The van der Waals surface area contributed by atoms with Crippen molar-refractivity contribution in [2.24, 2.45) is 17.8 Å². The molecule has 0 bridgehead atoms. The Morgan fingerprint density at radius 1 is 0.865 bits per heavy atom. The number of allylic oxidation sites excluding steroid dienone is 2. The summed E-state index contributed by atoms with van der Waals surface area (Å²) < 4.78 is 84.6. The number of imide groups is 2. The number of benzene rings is 2. The second kappa shape index (κ2) is 13.2. The highest BCUT2D eigenvalue weighted by molar-refractivity contribution is 6.58. The summed E-state index contributed by atoms with van der Waals surface area (Å²) in [7, 11) is 2.35. The van der Waals surface area contributed by atoms with Crippen molar-refractivity contribution < 1.29 is 65.6 Å². The molecule has 52 heavy (non-hydrogen) atoms. The average molecular weight is 776 g/mol. The van der Waals surface area contributed by atoms with Crippen LogP contribution in [-0.2, 0) is 24.0 Å². The number of carbonyl (C=O) groups excluding carboxylic acids is 4. The van der Waals surface area contributed by atoms with Crippen molar-refractivity contribution in [3.63, 3.8) is 0 Å². The van der Waals surface area contributed by atoms with E-state index in [1.807, 2.05) is 0 Å². The Morgan fingerprint density at radius 3 is 2.00 bits per heavy atom. The zero-order valence-electron chi connectivity index (χ0n) is 27.3. The van der Waals surface area contributed by atoms with E-state index in [9.17, 15) is 42.3 Å². The summed E-state index contributed by atoms with van der Waals surface area (Å²) >= 11 is 14.3. The Morgan fingerprint density at radius 2 is 1.44 bits per heavy atom. The summed E-state index contributed by atoms with van der Waals surface area (Å²) in [6, 6.07) is 2.20. The number of halogens is 7. The summed E-state index contributed by atoms with van der Waals surface area (Å²) in [4.78, 5) is 62.6. The Labute approximate surface area is 301 Å². The molecule has 6 rings (SSSR count). The van der Waals surface area contributed by atoms with Crippen molar-refractivity contribution in [3.05, 3.63) is 58.4 Å². The fourth-order valence-corrected chi connectivity index (χ4v) is 9.02. The number of hydrogen-bond donors (Lipinski definition) is 2. The number of carbonyl (C=O) groups is 5. The SMILES string of the molecule is COc1cc(O)cc(OC)c1[C@H]1C2=CC[C@@H]3C(=O)N(CCCCCC(=O)O)C(=O)[C@@H]3[C@@H]2C[C@@]2(Cl)C(=O)N(c3c(F)c(F)c(F)c(F)c3F)C(=O)[C@@]12Cl. The molecule has 18 heteroatoms. The topological polar surface area (TPSA) is 151 Å². The number of alkyl halides is 2. The van der Waals surface area contributed by atoms with Crippen molar-refractivity contribution >= 4 is 58.5 Å². The number of phenols is 1. The summed E-state index contributed by atoms with van der Waals surface area (Å²) in [5.74, 6) is -23.8. The van der Waals surface area contributed by atoms with Crippen LogP contribution < -0.4 is 14.4 Å². The van der Waals surface area contributed by atoms with Crippen molar-refractivity contribution in [1.29, 1.82) is 0 Å². The number of carboxylic acid groups (broad SMARTS) is 1. The molecular formula is C34H29Cl2F5N2O9. The number of fused-ring (bicyclic) bond motifs is 4. The molecular weight excluding hydrogens is 746 g/mol. The van der Waals surface area contributed by atoms with Gasteiger partial charge in [-0.2, -0.15) is 0 Å². The van der Waals surface area contributed by atoms with Gasteiger partial charge in [-0.3, -0.25) is 28.9 Å². The van der Waals surface area contributed by atoms with Gasteiger partial charge in [-0.1, -0.05) is 18.1 Å². The Bertz CT molecular complexity index is 1930. The Hall–Kier alpha value is -4.44. The zero-order valence-corrected chi connectivity index (χ0v) is 28.8. The highest BCUT2D eigenvalue weighted by atomic mass is 35.5. The molecule has 2 aromatic rings. The Kier molecular flexibility index (Phi) is 9.48. The van der Waals surface area contributed by atoms with Crippen molar-refractivity contribution in [2.45, 2.75) is 54.2 Å². The number of rotatable bonds is 10. The largest absolute Gasteiger partial charge is 0.508 e. The van der Waals surface area contributed by atoms with Gasteiger partial charge in [0.25, 0.3) is 11.8 Å². The molecule has 1 saturated carbocycles. The smallest absolute Gasteiger partial charge is 0.303 e. The predicted molar refractivity (Wildman–Crippen MR) is 170 cm³/mol. The number of ether oxygens (including phenoxy) is 2. The lowest BCUT2D eigenvalue weighted by molar-refractivity contribution is -0.141. The number of hydrogen-bond acceptors (Lipinski definition) is 8. The van der Waals surface area contributed by atoms with Gasteiger partial charge in [0.05, 0.1) is 26.1 Å². The maximum Gasteiger partial charge on any atom is 0.303 e. The maximum atomic E-state index is 15.3. The standard InChI is InChI=1S/C34H29Cl2F5N2O9/c1-51-17-10-13(44)11-18(52-2)21(17)22-14-7-8-15-20(30(48)42(29(15)47)9-5-3-4-6-19(45)46)16(14)12-33(35)31(49)43(32(50)34(22,33)36)28-26(40)24(38)23(37)25(39)27(28)41/h7,10-11,15-16,20,22,44H,3-6,8-9,12H2,1-2H3,(H,45,46)/t15-,16+,20-,22+,33+,34-/m0/s1. The number of carboxylic acids is 1. The van der Waals surface area contributed by atoms with Crippen molar-refractivity contribution in [3.8, 4) is 17.2 Å². The van der Waals surface area contributed by atoms with Gasteiger partial charge in [-0.05, 0) is 31.6 Å². The van der Waals surface area contributed by atoms with Crippen LogP contribution in [0.25, 0.3) is 0 Å². The first-order valence-corrected chi connectivity index (χ1v) is 16.7. The fraction of sp³-hybridized carbons (Fsp3) is 0.441. The van der Waals surface area contributed by atoms with Crippen LogP contribution >= 0.6 is 23.2 Å². The van der Waals surface area contributed by atoms with Crippen LogP contribution in [0, 0.1) is 46.8 Å². The number of anilines is 1. The van der Waals surface area contributed by atoms with E-state index in [2.05, 4.69) is 0 Å². The van der Waals surface area contributed by atoms with Gasteiger partial charge in [-0.15, -0.1) is 23.2 Å². The fourth-order valence-electron chi connectivity index (χ4n) is 8.10. The summed E-state index contributed by atoms with van der Waals surface area (Å²) in [6.45, 7) is -0.0493. The summed E-state index contributed by atoms with van der Waals surface area (Å²) in [5, 5.41) is 19.3. The van der Waals surface area contributed by atoms with E-state index in [-0.39, 0.29) is 53.3 Å². The third kappa shape index (κ3) is 5.15. The maximum absolute atomic E-state index is 15.3. The van der Waals surface area contributed by atoms with Crippen LogP contribution in [0.4, 0.5) is 27.6 Å². The molecule has 2 heterocycles. The number of unbranched alkanes of at least 4 members (excludes halogenated alkanes) is 2. The molecule has 2 aliphatic carbocycles. The van der Waals surface area contributed by atoms with Crippen LogP contribution in [0.5, 0.6) is 17.2 Å². The van der Waals surface area contributed by atoms with E-state index in [4.69, 9.17) is 37.8 Å². The summed E-state index contributed by atoms with van der Waals surface area (Å²) in [6.07, 6.45) is 1.59. The number of likely N-dealkylation sites (tertiary alicyclic amines) is 1. The second-order valence-corrected chi connectivity index (χ2v) is 14.2. The lowest BCUT2D eigenvalue weighted by atomic mass is 9.56. The van der Waals surface area contributed by atoms with Gasteiger partial charge in [0.1, 0.15) is 22.9 Å². The highest BCUT2D eigenvalue weighted by Crippen LogP contribution is 2.67. The van der Waals surface area contributed by atoms with Crippen LogP contribution in [0.1, 0.15) is 50.0 Å². The van der Waals surface area contributed by atoms with E-state index in [0.29, 0.717) is 12.8 Å². The minimum absolute atomic E-state index is 0.0493. The van der Waals surface area contributed by atoms with Gasteiger partial charge >= 0.3 is 5.97 Å². The minimum atomic E-state index is -2.83. The highest BCUT2D eigenvalue weighted by Gasteiger charge is 2.77. The van der Waals surface area contributed by atoms with Gasteiger partial charge in [-0.25, -0.2) is 26.9 Å². The van der Waals surface area contributed by atoms with Crippen LogP contribution in [0.2, 0.25) is 0 Å². The number of methoxy groups -OCH3 is 2. The van der Waals surface area contributed by atoms with E-state index >= 15 is 8.78 Å².